The maximum Gasteiger partial charge on any atom is 0.258 e. The van der Waals surface area contributed by atoms with Crippen molar-refractivity contribution in [3.05, 3.63) is 58.3 Å². The lowest BCUT2D eigenvalue weighted by molar-refractivity contribution is -0.144. The minimum absolute atomic E-state index is 0.220. The van der Waals surface area contributed by atoms with Crippen molar-refractivity contribution in [3.8, 4) is 11.1 Å². The highest BCUT2D eigenvalue weighted by Crippen LogP contribution is 2.49. The molecule has 0 saturated carbocycles. The van der Waals surface area contributed by atoms with Crippen LogP contribution in [0.5, 0.6) is 0 Å². The topological polar surface area (TPSA) is 82.9 Å². The van der Waals surface area contributed by atoms with Crippen LogP contribution in [0, 0.1) is 17.7 Å². The molecule has 1 aromatic carbocycles. The van der Waals surface area contributed by atoms with E-state index in [1.807, 2.05) is 0 Å². The van der Waals surface area contributed by atoms with E-state index in [0.717, 1.165) is 0 Å². The van der Waals surface area contributed by atoms with Gasteiger partial charge in [-0.15, -0.1) is 0 Å². The van der Waals surface area contributed by atoms with Gasteiger partial charge in [-0.1, -0.05) is 18.2 Å². The predicted molar refractivity (Wildman–Crippen MR) is 108 cm³/mol. The summed E-state index contributed by atoms with van der Waals surface area (Å²) in [5.41, 5.74) is 0.723. The van der Waals surface area contributed by atoms with Crippen LogP contribution in [0.4, 0.5) is 4.39 Å². The highest BCUT2D eigenvalue weighted by atomic mass is 19.1. The number of nitrogens with zero attached hydrogens (tertiary/aromatic N) is 3. The molecule has 2 aliphatic rings. The second kappa shape index (κ2) is 7.36. The van der Waals surface area contributed by atoms with Gasteiger partial charge in [-0.2, -0.15) is 0 Å². The Labute approximate surface area is 173 Å². The molecule has 2 aliphatic heterocycles. The van der Waals surface area contributed by atoms with E-state index in [0.29, 0.717) is 5.69 Å². The van der Waals surface area contributed by atoms with Crippen molar-refractivity contribution in [2.24, 2.45) is 11.8 Å². The van der Waals surface area contributed by atoms with E-state index in [2.05, 4.69) is 0 Å². The van der Waals surface area contributed by atoms with Crippen molar-refractivity contribution in [2.45, 2.75) is 25.6 Å². The zero-order valence-corrected chi connectivity index (χ0v) is 17.1. The maximum absolute atomic E-state index is 14.3. The van der Waals surface area contributed by atoms with Gasteiger partial charge in [-0.3, -0.25) is 14.4 Å². The number of carbonyl (C=O) groups is 2. The monoisotopic (exact) mass is 413 g/mol. The van der Waals surface area contributed by atoms with Gasteiger partial charge in [-0.25, -0.2) is 4.39 Å². The SMILES string of the molecule is CC(=O)N1[C@@H]2c3ccc(-c4ccccc4F)c(=O)n3C[C@@H]2[C@@H](CO)[C@@H]1C(=O)N(C)C. The van der Waals surface area contributed by atoms with Crippen LogP contribution in [-0.2, 0) is 16.1 Å². The number of likely N-dealkylation sites (N-methyl/N-ethyl adjacent to an activating group) is 1. The van der Waals surface area contributed by atoms with Crippen molar-refractivity contribution in [1.29, 1.82) is 0 Å². The predicted octanol–water partition coefficient (Wildman–Crippen LogP) is 1.25. The van der Waals surface area contributed by atoms with Gasteiger partial charge in [0.2, 0.25) is 11.8 Å². The number of pyridine rings is 1. The van der Waals surface area contributed by atoms with Gasteiger partial charge in [0, 0.05) is 57.3 Å². The summed E-state index contributed by atoms with van der Waals surface area (Å²) in [4.78, 5) is 41.5. The first kappa shape index (κ1) is 20.3. The van der Waals surface area contributed by atoms with Crippen molar-refractivity contribution >= 4 is 11.8 Å². The van der Waals surface area contributed by atoms with E-state index in [4.69, 9.17) is 0 Å². The Bertz CT molecular complexity index is 1080. The van der Waals surface area contributed by atoms with Crippen LogP contribution >= 0.6 is 0 Å². The number of amides is 2. The van der Waals surface area contributed by atoms with Crippen molar-refractivity contribution in [3.63, 3.8) is 0 Å². The fourth-order valence-corrected chi connectivity index (χ4v) is 4.98. The third kappa shape index (κ3) is 2.86. The summed E-state index contributed by atoms with van der Waals surface area (Å²) in [7, 11) is 3.23. The molecule has 4 atom stereocenters. The van der Waals surface area contributed by atoms with Gasteiger partial charge in [0.25, 0.3) is 5.56 Å². The smallest absolute Gasteiger partial charge is 0.258 e. The molecule has 1 N–H and O–H groups in total. The number of aliphatic hydroxyl groups excluding tert-OH is 1. The molecule has 7 nitrogen and oxygen atoms in total. The molecule has 3 heterocycles. The number of aliphatic hydroxyl groups is 1. The minimum Gasteiger partial charge on any atom is -0.396 e. The molecule has 4 rings (SSSR count). The molecule has 2 aromatic rings. The number of aromatic nitrogens is 1. The number of carbonyl (C=O) groups excluding carboxylic acids is 2. The Morgan fingerprint density at radius 1 is 1.17 bits per heavy atom. The minimum atomic E-state index is -0.785. The molecule has 0 aliphatic carbocycles. The summed E-state index contributed by atoms with van der Waals surface area (Å²) < 4.78 is 15.8. The zero-order chi connectivity index (χ0) is 21.7. The summed E-state index contributed by atoms with van der Waals surface area (Å²) in [6.07, 6.45) is 0. The van der Waals surface area contributed by atoms with Crippen LogP contribution in [0.25, 0.3) is 11.1 Å². The number of fused-ring (bicyclic) bond motifs is 3. The number of hydrogen-bond donors (Lipinski definition) is 1. The summed E-state index contributed by atoms with van der Waals surface area (Å²) >= 11 is 0. The molecule has 0 spiro atoms. The first-order chi connectivity index (χ1) is 14.3. The third-order valence-corrected chi connectivity index (χ3v) is 6.30. The van der Waals surface area contributed by atoms with E-state index in [-0.39, 0.29) is 47.6 Å². The third-order valence-electron chi connectivity index (χ3n) is 6.30. The zero-order valence-electron chi connectivity index (χ0n) is 17.1. The number of likely N-dealkylation sites (tertiary alicyclic amines) is 1. The Kier molecular flexibility index (Phi) is 4.97. The van der Waals surface area contributed by atoms with E-state index in [9.17, 15) is 23.9 Å². The second-order valence-corrected chi connectivity index (χ2v) is 8.13. The van der Waals surface area contributed by atoms with Crippen molar-refractivity contribution < 1.29 is 19.1 Å². The maximum atomic E-state index is 14.3. The molecule has 0 unspecified atom stereocenters. The highest BCUT2D eigenvalue weighted by molar-refractivity contribution is 5.88. The fraction of sp³-hybridized carbons (Fsp3) is 0.409. The van der Waals surface area contributed by atoms with Crippen LogP contribution in [0.15, 0.2) is 41.2 Å². The van der Waals surface area contributed by atoms with Gasteiger partial charge >= 0.3 is 0 Å². The number of rotatable bonds is 3. The molecule has 8 heteroatoms. The summed E-state index contributed by atoms with van der Waals surface area (Å²) in [6.45, 7) is 1.37. The molecule has 0 radical (unpaired) electrons. The van der Waals surface area contributed by atoms with Gasteiger partial charge in [-0.05, 0) is 18.2 Å². The largest absolute Gasteiger partial charge is 0.396 e. The number of halogens is 1. The average molecular weight is 413 g/mol. The van der Waals surface area contributed by atoms with Crippen molar-refractivity contribution in [1.82, 2.24) is 14.4 Å². The molecular weight excluding hydrogens is 389 g/mol. The van der Waals surface area contributed by atoms with Crippen LogP contribution in [0.2, 0.25) is 0 Å². The highest BCUT2D eigenvalue weighted by Gasteiger charge is 2.56. The summed E-state index contributed by atoms with van der Waals surface area (Å²) in [6, 6.07) is 8.11. The standard InChI is InChI=1S/C22H24FN3O4/c1-12(28)26-19-15(16(11-27)20(26)22(30)24(2)3)10-25-18(19)9-8-14(21(25)29)13-6-4-5-7-17(13)23/h4-9,15-16,19-20,27H,10-11H2,1-3H3/t15-,16-,19+,20-/m1/s1. The average Bonchev–Trinajstić information content (AvgIpc) is 3.23. The molecule has 2 amide bonds. The van der Waals surface area contributed by atoms with E-state index >= 15 is 0 Å². The second-order valence-electron chi connectivity index (χ2n) is 8.13. The van der Waals surface area contributed by atoms with Crippen LogP contribution < -0.4 is 5.56 Å². The van der Waals surface area contributed by atoms with Gasteiger partial charge < -0.3 is 19.5 Å². The fourth-order valence-electron chi connectivity index (χ4n) is 4.98. The molecule has 1 fully saturated rings. The van der Waals surface area contributed by atoms with E-state index in [1.54, 1.807) is 49.0 Å². The number of benzene rings is 1. The lowest BCUT2D eigenvalue weighted by Crippen LogP contribution is -2.49. The first-order valence-electron chi connectivity index (χ1n) is 9.87. The molecule has 1 aromatic heterocycles. The normalized spacial score (nSPS) is 24.5. The summed E-state index contributed by atoms with van der Waals surface area (Å²) in [5.74, 6) is -1.80. The van der Waals surface area contributed by atoms with Gasteiger partial charge in [0.15, 0.2) is 0 Å². The first-order valence-corrected chi connectivity index (χ1v) is 9.87. The molecule has 1 saturated heterocycles. The van der Waals surface area contributed by atoms with Gasteiger partial charge in [0.1, 0.15) is 11.9 Å². The Balaban J connectivity index is 1.84. The lowest BCUT2D eigenvalue weighted by atomic mass is 9.88. The quantitative estimate of drug-likeness (QED) is 0.821. The van der Waals surface area contributed by atoms with E-state index in [1.165, 1.54) is 22.8 Å². The molecule has 0 bridgehead atoms. The summed E-state index contributed by atoms with van der Waals surface area (Å²) in [5, 5.41) is 10.1. The molecule has 30 heavy (non-hydrogen) atoms. The van der Waals surface area contributed by atoms with E-state index < -0.39 is 23.8 Å². The lowest BCUT2D eigenvalue weighted by Gasteiger charge is -2.31. The van der Waals surface area contributed by atoms with Crippen LogP contribution in [0.3, 0.4) is 0 Å². The number of hydrogen-bond acceptors (Lipinski definition) is 4. The molecular formula is C22H24FN3O4. The van der Waals surface area contributed by atoms with Crippen molar-refractivity contribution in [2.75, 3.05) is 20.7 Å². The van der Waals surface area contributed by atoms with Gasteiger partial charge in [0.05, 0.1) is 11.6 Å². The van der Waals surface area contributed by atoms with Crippen LogP contribution in [-0.4, -0.2) is 58.0 Å². The molecule has 158 valence electrons. The Morgan fingerprint density at radius 2 is 1.87 bits per heavy atom. The Morgan fingerprint density at radius 3 is 2.47 bits per heavy atom. The Hall–Kier alpha value is -3.00. The van der Waals surface area contributed by atoms with Crippen LogP contribution in [0.1, 0.15) is 18.7 Å².